The van der Waals surface area contributed by atoms with Gasteiger partial charge < -0.3 is 5.32 Å². The molecule has 0 saturated carbocycles. The molecule has 1 heterocycles. The van der Waals surface area contributed by atoms with Crippen LogP contribution in [0.3, 0.4) is 0 Å². The summed E-state index contributed by atoms with van der Waals surface area (Å²) in [7, 11) is 0. The van der Waals surface area contributed by atoms with E-state index in [2.05, 4.69) is 50.4 Å². The van der Waals surface area contributed by atoms with Crippen LogP contribution in [0.2, 0.25) is 0 Å². The van der Waals surface area contributed by atoms with Crippen LogP contribution in [0.1, 0.15) is 45.9 Å². The van der Waals surface area contributed by atoms with Crippen LogP contribution in [-0.2, 0) is 6.42 Å². The summed E-state index contributed by atoms with van der Waals surface area (Å²) < 4.78 is 2.03. The molecular formula is C13H25N3. The van der Waals surface area contributed by atoms with E-state index in [0.717, 1.165) is 25.4 Å². The van der Waals surface area contributed by atoms with Crippen molar-refractivity contribution < 1.29 is 0 Å². The van der Waals surface area contributed by atoms with E-state index in [1.807, 2.05) is 4.68 Å². The Kier molecular flexibility index (Phi) is 5.53. The summed E-state index contributed by atoms with van der Waals surface area (Å²) >= 11 is 0. The van der Waals surface area contributed by atoms with Gasteiger partial charge in [0.25, 0.3) is 0 Å². The maximum Gasteiger partial charge on any atom is 0.0624 e. The van der Waals surface area contributed by atoms with E-state index in [1.165, 1.54) is 12.1 Å². The number of aryl methyl sites for hydroxylation is 1. The van der Waals surface area contributed by atoms with E-state index in [-0.39, 0.29) is 0 Å². The zero-order valence-corrected chi connectivity index (χ0v) is 11.0. The van der Waals surface area contributed by atoms with E-state index < -0.39 is 0 Å². The molecule has 0 saturated heterocycles. The van der Waals surface area contributed by atoms with Crippen molar-refractivity contribution in [3.63, 3.8) is 0 Å². The molecule has 0 spiro atoms. The zero-order valence-electron chi connectivity index (χ0n) is 11.0. The number of rotatable bonds is 7. The Balaban J connectivity index is 2.31. The minimum Gasteiger partial charge on any atom is -0.317 e. The Bertz CT molecular complexity index is 291. The fourth-order valence-electron chi connectivity index (χ4n) is 1.69. The molecule has 3 nitrogen and oxygen atoms in total. The first-order chi connectivity index (χ1) is 7.63. The van der Waals surface area contributed by atoms with Gasteiger partial charge in [-0.1, -0.05) is 13.8 Å². The highest BCUT2D eigenvalue weighted by atomic mass is 15.3. The van der Waals surface area contributed by atoms with Crippen molar-refractivity contribution in [2.24, 2.45) is 5.92 Å². The molecule has 0 aliphatic rings. The van der Waals surface area contributed by atoms with E-state index in [9.17, 15) is 0 Å². The molecule has 0 bridgehead atoms. The minimum atomic E-state index is 0.466. The lowest BCUT2D eigenvalue weighted by Crippen LogP contribution is -2.20. The van der Waals surface area contributed by atoms with Gasteiger partial charge >= 0.3 is 0 Å². The molecule has 1 rings (SSSR count). The van der Waals surface area contributed by atoms with Crippen molar-refractivity contribution in [2.75, 3.05) is 13.1 Å². The van der Waals surface area contributed by atoms with Gasteiger partial charge in [-0.3, -0.25) is 4.68 Å². The predicted octanol–water partition coefficient (Wildman–Crippen LogP) is 2.64. The molecule has 0 aliphatic carbocycles. The molecular weight excluding hydrogens is 198 g/mol. The summed E-state index contributed by atoms with van der Waals surface area (Å²) in [6.45, 7) is 10.9. The SMILES string of the molecule is CCNCC(C)CCc1ccn(C(C)C)n1. The first-order valence-electron chi connectivity index (χ1n) is 6.38. The number of hydrogen-bond donors (Lipinski definition) is 1. The topological polar surface area (TPSA) is 29.9 Å². The van der Waals surface area contributed by atoms with Crippen molar-refractivity contribution in [3.8, 4) is 0 Å². The average molecular weight is 223 g/mol. The number of hydrogen-bond acceptors (Lipinski definition) is 2. The second kappa shape index (κ2) is 6.69. The minimum absolute atomic E-state index is 0.466. The van der Waals surface area contributed by atoms with Crippen LogP contribution in [0.25, 0.3) is 0 Å². The molecule has 92 valence electrons. The van der Waals surface area contributed by atoms with E-state index in [4.69, 9.17) is 0 Å². The van der Waals surface area contributed by atoms with Crippen molar-refractivity contribution in [1.29, 1.82) is 0 Å². The Morgan fingerprint density at radius 1 is 1.38 bits per heavy atom. The van der Waals surface area contributed by atoms with Gasteiger partial charge in [0.2, 0.25) is 0 Å². The van der Waals surface area contributed by atoms with Crippen LogP contribution < -0.4 is 5.32 Å². The van der Waals surface area contributed by atoms with E-state index in [1.54, 1.807) is 0 Å². The van der Waals surface area contributed by atoms with Crippen molar-refractivity contribution >= 4 is 0 Å². The summed E-state index contributed by atoms with van der Waals surface area (Å²) in [5.74, 6) is 0.726. The van der Waals surface area contributed by atoms with E-state index >= 15 is 0 Å². The number of nitrogens with zero attached hydrogens (tertiary/aromatic N) is 2. The van der Waals surface area contributed by atoms with Crippen LogP contribution >= 0.6 is 0 Å². The molecule has 16 heavy (non-hydrogen) atoms. The lowest BCUT2D eigenvalue weighted by atomic mass is 10.0. The highest BCUT2D eigenvalue weighted by Gasteiger charge is 2.05. The molecule has 0 aliphatic heterocycles. The molecule has 1 aromatic rings. The third-order valence-corrected chi connectivity index (χ3v) is 2.83. The Morgan fingerprint density at radius 3 is 2.69 bits per heavy atom. The van der Waals surface area contributed by atoms with Crippen molar-refractivity contribution in [2.45, 2.75) is 46.6 Å². The van der Waals surface area contributed by atoms with Gasteiger partial charge in [0.05, 0.1) is 5.69 Å². The van der Waals surface area contributed by atoms with Gasteiger partial charge in [-0.15, -0.1) is 0 Å². The van der Waals surface area contributed by atoms with Gasteiger partial charge in [0, 0.05) is 12.2 Å². The predicted molar refractivity (Wildman–Crippen MR) is 68.6 cm³/mol. The van der Waals surface area contributed by atoms with Gasteiger partial charge in [0.1, 0.15) is 0 Å². The zero-order chi connectivity index (χ0) is 12.0. The van der Waals surface area contributed by atoms with Crippen molar-refractivity contribution in [1.82, 2.24) is 15.1 Å². The Morgan fingerprint density at radius 2 is 2.12 bits per heavy atom. The summed E-state index contributed by atoms with van der Waals surface area (Å²) in [6.07, 6.45) is 4.38. The van der Waals surface area contributed by atoms with Gasteiger partial charge in [-0.25, -0.2) is 0 Å². The largest absolute Gasteiger partial charge is 0.317 e. The fourth-order valence-corrected chi connectivity index (χ4v) is 1.69. The molecule has 1 unspecified atom stereocenters. The lowest BCUT2D eigenvalue weighted by Gasteiger charge is -2.10. The fraction of sp³-hybridized carbons (Fsp3) is 0.769. The van der Waals surface area contributed by atoms with E-state index in [0.29, 0.717) is 6.04 Å². The van der Waals surface area contributed by atoms with Crippen LogP contribution in [-0.4, -0.2) is 22.9 Å². The number of aromatic nitrogens is 2. The summed E-state index contributed by atoms with van der Waals surface area (Å²) in [6, 6.07) is 2.60. The highest BCUT2D eigenvalue weighted by molar-refractivity contribution is 4.99. The summed E-state index contributed by atoms with van der Waals surface area (Å²) in [5.41, 5.74) is 1.22. The maximum absolute atomic E-state index is 4.56. The smallest absolute Gasteiger partial charge is 0.0624 e. The van der Waals surface area contributed by atoms with Crippen LogP contribution in [0, 0.1) is 5.92 Å². The quantitative estimate of drug-likeness (QED) is 0.770. The van der Waals surface area contributed by atoms with Crippen molar-refractivity contribution in [3.05, 3.63) is 18.0 Å². The third-order valence-electron chi connectivity index (χ3n) is 2.83. The van der Waals surface area contributed by atoms with Crippen LogP contribution in [0.5, 0.6) is 0 Å². The molecule has 0 radical (unpaired) electrons. The number of nitrogens with one attached hydrogen (secondary N) is 1. The highest BCUT2D eigenvalue weighted by Crippen LogP contribution is 2.09. The van der Waals surface area contributed by atoms with Gasteiger partial charge in [-0.05, 0) is 51.8 Å². The second-order valence-electron chi connectivity index (χ2n) is 4.83. The lowest BCUT2D eigenvalue weighted by molar-refractivity contribution is 0.479. The maximum atomic E-state index is 4.56. The standard InChI is InChI=1S/C13H25N3/c1-5-14-10-12(4)6-7-13-8-9-16(15-13)11(2)3/h8-9,11-12,14H,5-7,10H2,1-4H3. The van der Waals surface area contributed by atoms with Crippen LogP contribution in [0.4, 0.5) is 0 Å². The first kappa shape index (κ1) is 13.2. The summed E-state index contributed by atoms with van der Waals surface area (Å²) in [4.78, 5) is 0. The molecule has 1 atom stereocenters. The molecule has 0 fully saturated rings. The second-order valence-corrected chi connectivity index (χ2v) is 4.83. The Labute approximate surface area is 99.2 Å². The average Bonchev–Trinajstić information content (AvgIpc) is 2.72. The molecule has 1 N–H and O–H groups in total. The Hall–Kier alpha value is -0.830. The monoisotopic (exact) mass is 223 g/mol. The van der Waals surface area contributed by atoms with Gasteiger partial charge in [0.15, 0.2) is 0 Å². The molecule has 0 amide bonds. The first-order valence-corrected chi connectivity index (χ1v) is 6.38. The summed E-state index contributed by atoms with van der Waals surface area (Å²) in [5, 5.41) is 7.94. The third kappa shape index (κ3) is 4.35. The normalized spacial score (nSPS) is 13.3. The van der Waals surface area contributed by atoms with Crippen LogP contribution in [0.15, 0.2) is 12.3 Å². The molecule has 3 heteroatoms. The van der Waals surface area contributed by atoms with Gasteiger partial charge in [-0.2, -0.15) is 5.10 Å². The molecule has 1 aromatic heterocycles. The molecule has 0 aromatic carbocycles.